The van der Waals surface area contributed by atoms with Gasteiger partial charge < -0.3 is 25.7 Å². The van der Waals surface area contributed by atoms with Crippen LogP contribution in [0.3, 0.4) is 0 Å². The minimum atomic E-state index is -1.37. The lowest BCUT2D eigenvalue weighted by atomic mass is 10.1. The number of aliphatic hydroxyl groups is 4. The van der Waals surface area contributed by atoms with Crippen LogP contribution in [0.5, 0.6) is 0 Å². The van der Waals surface area contributed by atoms with Crippen molar-refractivity contribution >= 4 is 5.69 Å². The van der Waals surface area contributed by atoms with E-state index in [4.69, 9.17) is 5.11 Å². The van der Waals surface area contributed by atoms with Crippen LogP contribution in [0.25, 0.3) is 0 Å². The fraction of sp³-hybridized carbons (Fsp3) is 0.538. The molecular weight excluding hydrogens is 234 g/mol. The average Bonchev–Trinajstić information content (AvgIpc) is 2.37. The predicted molar refractivity (Wildman–Crippen MR) is 69.5 cm³/mol. The number of aryl methyl sites for hydroxylation is 2. The van der Waals surface area contributed by atoms with Gasteiger partial charge >= 0.3 is 0 Å². The summed E-state index contributed by atoms with van der Waals surface area (Å²) in [6, 6.07) is 5.78. The Morgan fingerprint density at radius 3 is 2.28 bits per heavy atom. The Labute approximate surface area is 107 Å². The molecule has 102 valence electrons. The number of benzene rings is 1. The summed E-state index contributed by atoms with van der Waals surface area (Å²) in [6.07, 6.45) is -3.84. The molecule has 0 amide bonds. The molecule has 1 aromatic rings. The lowest BCUT2D eigenvalue weighted by molar-refractivity contribution is -0.0715. The van der Waals surface area contributed by atoms with Gasteiger partial charge in [0.05, 0.1) is 12.7 Å². The van der Waals surface area contributed by atoms with E-state index in [0.29, 0.717) is 0 Å². The normalized spacial score (nSPS) is 16.1. The first kappa shape index (κ1) is 14.9. The van der Waals surface area contributed by atoms with E-state index in [1.54, 1.807) is 0 Å². The minimum absolute atomic E-state index is 0.0979. The molecule has 0 heterocycles. The third-order valence-electron chi connectivity index (χ3n) is 3.00. The number of aliphatic hydroxyl groups excluding tert-OH is 4. The maximum Gasteiger partial charge on any atom is 0.110 e. The van der Waals surface area contributed by atoms with Gasteiger partial charge in [-0.25, -0.2) is 0 Å². The second-order valence-electron chi connectivity index (χ2n) is 4.49. The second kappa shape index (κ2) is 6.70. The molecule has 0 aliphatic rings. The second-order valence-corrected chi connectivity index (χ2v) is 4.49. The highest BCUT2D eigenvalue weighted by molar-refractivity contribution is 5.48. The Morgan fingerprint density at radius 2 is 1.72 bits per heavy atom. The van der Waals surface area contributed by atoms with E-state index in [9.17, 15) is 15.3 Å². The van der Waals surface area contributed by atoms with Crippen molar-refractivity contribution in [3.05, 3.63) is 29.3 Å². The predicted octanol–water partition coefficient (Wildman–Crippen LogP) is -0.210. The molecule has 5 N–H and O–H groups in total. The van der Waals surface area contributed by atoms with Gasteiger partial charge in [-0.15, -0.1) is 0 Å². The molecular formula is C13H21NO4. The summed E-state index contributed by atoms with van der Waals surface area (Å²) in [7, 11) is 0. The van der Waals surface area contributed by atoms with Gasteiger partial charge in [-0.05, 0) is 37.1 Å². The van der Waals surface area contributed by atoms with Gasteiger partial charge in [-0.3, -0.25) is 0 Å². The molecule has 0 fully saturated rings. The number of rotatable bonds is 6. The van der Waals surface area contributed by atoms with E-state index >= 15 is 0 Å². The summed E-state index contributed by atoms with van der Waals surface area (Å²) in [5.74, 6) is 0. The van der Waals surface area contributed by atoms with Crippen LogP contribution < -0.4 is 5.32 Å². The summed E-state index contributed by atoms with van der Waals surface area (Å²) in [5.41, 5.74) is 3.14. The van der Waals surface area contributed by atoms with Crippen molar-refractivity contribution in [3.63, 3.8) is 0 Å². The van der Waals surface area contributed by atoms with Crippen LogP contribution in [0.2, 0.25) is 0 Å². The van der Waals surface area contributed by atoms with Crippen LogP contribution in [0.15, 0.2) is 18.2 Å². The highest BCUT2D eigenvalue weighted by Crippen LogP contribution is 2.14. The maximum absolute atomic E-state index is 9.62. The molecule has 0 aromatic heterocycles. The lowest BCUT2D eigenvalue weighted by Crippen LogP contribution is -2.42. The number of anilines is 1. The van der Waals surface area contributed by atoms with Crippen LogP contribution >= 0.6 is 0 Å². The Balaban J connectivity index is 2.51. The van der Waals surface area contributed by atoms with Crippen molar-refractivity contribution in [2.24, 2.45) is 0 Å². The third kappa shape index (κ3) is 3.96. The zero-order valence-electron chi connectivity index (χ0n) is 10.7. The first-order valence-corrected chi connectivity index (χ1v) is 5.92. The summed E-state index contributed by atoms with van der Waals surface area (Å²) >= 11 is 0. The lowest BCUT2D eigenvalue weighted by Gasteiger charge is -2.22. The first-order valence-electron chi connectivity index (χ1n) is 5.92. The molecule has 1 aromatic carbocycles. The highest BCUT2D eigenvalue weighted by Gasteiger charge is 2.23. The van der Waals surface area contributed by atoms with Crippen LogP contribution in [-0.2, 0) is 0 Å². The molecule has 0 unspecified atom stereocenters. The quantitative estimate of drug-likeness (QED) is 0.485. The molecule has 0 spiro atoms. The van der Waals surface area contributed by atoms with Crippen LogP contribution in [0.4, 0.5) is 5.69 Å². The maximum atomic E-state index is 9.62. The molecule has 0 aliphatic heterocycles. The topological polar surface area (TPSA) is 93.0 Å². The van der Waals surface area contributed by atoms with Gasteiger partial charge in [0.15, 0.2) is 0 Å². The van der Waals surface area contributed by atoms with Crippen molar-refractivity contribution in [3.8, 4) is 0 Å². The van der Waals surface area contributed by atoms with Crippen LogP contribution in [0.1, 0.15) is 11.1 Å². The van der Waals surface area contributed by atoms with Gasteiger partial charge in [-0.1, -0.05) is 6.07 Å². The van der Waals surface area contributed by atoms with Crippen LogP contribution in [0, 0.1) is 13.8 Å². The smallest absolute Gasteiger partial charge is 0.110 e. The fourth-order valence-corrected chi connectivity index (χ4v) is 1.56. The number of hydrogen-bond donors (Lipinski definition) is 5. The molecule has 3 atom stereocenters. The standard InChI is InChI=1S/C13H21NO4/c1-8-3-4-10(5-9(8)2)14-6-11(16)13(18)12(17)7-15/h3-5,11-18H,6-7H2,1-2H3/t11-,12+,13-/m0/s1. The molecule has 0 saturated carbocycles. The van der Waals surface area contributed by atoms with Crippen molar-refractivity contribution in [2.45, 2.75) is 32.2 Å². The van der Waals surface area contributed by atoms with Gasteiger partial charge in [0.25, 0.3) is 0 Å². The Kier molecular flexibility index (Phi) is 5.55. The molecule has 0 bridgehead atoms. The van der Waals surface area contributed by atoms with Gasteiger partial charge in [0.1, 0.15) is 12.2 Å². The molecule has 0 aliphatic carbocycles. The van der Waals surface area contributed by atoms with Gasteiger partial charge in [-0.2, -0.15) is 0 Å². The van der Waals surface area contributed by atoms with Crippen molar-refractivity contribution in [1.29, 1.82) is 0 Å². The Bertz CT molecular complexity index is 383. The minimum Gasteiger partial charge on any atom is -0.394 e. The van der Waals surface area contributed by atoms with E-state index in [1.807, 2.05) is 32.0 Å². The fourth-order valence-electron chi connectivity index (χ4n) is 1.56. The largest absolute Gasteiger partial charge is 0.394 e. The van der Waals surface area contributed by atoms with E-state index in [-0.39, 0.29) is 6.54 Å². The number of hydrogen-bond acceptors (Lipinski definition) is 5. The van der Waals surface area contributed by atoms with E-state index < -0.39 is 24.9 Å². The van der Waals surface area contributed by atoms with Gasteiger partial charge in [0, 0.05) is 12.2 Å². The van der Waals surface area contributed by atoms with Gasteiger partial charge in [0.2, 0.25) is 0 Å². The summed E-state index contributed by atoms with van der Waals surface area (Å²) in [4.78, 5) is 0. The van der Waals surface area contributed by atoms with E-state index in [2.05, 4.69) is 5.32 Å². The summed E-state index contributed by atoms with van der Waals surface area (Å²) in [5, 5.41) is 39.9. The van der Waals surface area contributed by atoms with Crippen LogP contribution in [-0.4, -0.2) is 51.9 Å². The van der Waals surface area contributed by atoms with Crippen molar-refractivity contribution in [2.75, 3.05) is 18.5 Å². The van der Waals surface area contributed by atoms with E-state index in [0.717, 1.165) is 11.3 Å². The molecule has 0 saturated heterocycles. The zero-order valence-corrected chi connectivity index (χ0v) is 10.7. The highest BCUT2D eigenvalue weighted by atomic mass is 16.4. The summed E-state index contributed by atoms with van der Waals surface area (Å²) in [6.45, 7) is 3.51. The number of nitrogens with one attached hydrogen (secondary N) is 1. The molecule has 0 radical (unpaired) electrons. The SMILES string of the molecule is Cc1ccc(NC[C@H](O)[C@H](O)[C@H](O)CO)cc1C. The van der Waals surface area contributed by atoms with Crippen molar-refractivity contribution in [1.82, 2.24) is 0 Å². The van der Waals surface area contributed by atoms with E-state index in [1.165, 1.54) is 5.56 Å². The third-order valence-corrected chi connectivity index (χ3v) is 3.00. The molecule has 5 nitrogen and oxygen atoms in total. The summed E-state index contributed by atoms with van der Waals surface area (Å²) < 4.78 is 0. The Hall–Kier alpha value is -1.14. The Morgan fingerprint density at radius 1 is 1.06 bits per heavy atom. The monoisotopic (exact) mass is 255 g/mol. The first-order chi connectivity index (χ1) is 8.45. The molecule has 5 heteroatoms. The van der Waals surface area contributed by atoms with Crippen molar-refractivity contribution < 1.29 is 20.4 Å². The zero-order chi connectivity index (χ0) is 13.7. The molecule has 1 rings (SSSR count). The average molecular weight is 255 g/mol. The molecule has 18 heavy (non-hydrogen) atoms.